The second kappa shape index (κ2) is 3.18. The third-order valence-electron chi connectivity index (χ3n) is 2.10. The molecule has 0 aromatic carbocycles. The van der Waals surface area contributed by atoms with Gasteiger partial charge in [0.25, 0.3) is 0 Å². The van der Waals surface area contributed by atoms with Crippen molar-refractivity contribution in [2.75, 3.05) is 13.2 Å². The predicted molar refractivity (Wildman–Crippen MR) is 39.1 cm³/mol. The lowest BCUT2D eigenvalue weighted by Gasteiger charge is -2.28. The number of hydrogen-bond acceptors (Lipinski definition) is 2. The number of rotatable bonds is 3. The molecule has 56 valence electrons. The molecule has 0 aliphatic rings. The first-order valence-corrected chi connectivity index (χ1v) is 3.35. The van der Waals surface area contributed by atoms with E-state index in [4.69, 9.17) is 10.8 Å². The fourth-order valence-electron chi connectivity index (χ4n) is 0.475. The van der Waals surface area contributed by atoms with Crippen LogP contribution in [0.15, 0.2) is 0 Å². The maximum absolute atomic E-state index is 8.84. The van der Waals surface area contributed by atoms with Crippen LogP contribution in [0.4, 0.5) is 0 Å². The van der Waals surface area contributed by atoms with Crippen LogP contribution >= 0.6 is 0 Å². The Kier molecular flexibility index (Phi) is 3.15. The van der Waals surface area contributed by atoms with Gasteiger partial charge in [0.2, 0.25) is 0 Å². The van der Waals surface area contributed by atoms with Crippen LogP contribution in [0, 0.1) is 11.3 Å². The lowest BCUT2D eigenvalue weighted by molar-refractivity contribution is 0.108. The SMILES string of the molecule is CC(CN)C(C)(C)CO. The molecule has 0 rings (SSSR count). The van der Waals surface area contributed by atoms with Crippen LogP contribution < -0.4 is 5.73 Å². The summed E-state index contributed by atoms with van der Waals surface area (Å²) in [5.41, 5.74) is 5.40. The van der Waals surface area contributed by atoms with Crippen molar-refractivity contribution in [3.8, 4) is 0 Å². The first-order chi connectivity index (χ1) is 4.04. The highest BCUT2D eigenvalue weighted by Gasteiger charge is 2.22. The molecule has 0 saturated carbocycles. The summed E-state index contributed by atoms with van der Waals surface area (Å²) in [6, 6.07) is 0. The summed E-state index contributed by atoms with van der Waals surface area (Å²) in [4.78, 5) is 0. The van der Waals surface area contributed by atoms with Gasteiger partial charge in [-0.2, -0.15) is 0 Å². The molecule has 0 aliphatic carbocycles. The molecule has 0 heterocycles. The minimum atomic E-state index is -0.0191. The van der Waals surface area contributed by atoms with Crippen LogP contribution in [0.2, 0.25) is 0 Å². The topological polar surface area (TPSA) is 46.2 Å². The van der Waals surface area contributed by atoms with Gasteiger partial charge >= 0.3 is 0 Å². The Hall–Kier alpha value is -0.0800. The van der Waals surface area contributed by atoms with Crippen LogP contribution in [-0.2, 0) is 0 Å². The summed E-state index contributed by atoms with van der Waals surface area (Å²) < 4.78 is 0. The zero-order chi connectivity index (χ0) is 7.49. The molecule has 9 heavy (non-hydrogen) atoms. The molecule has 0 fully saturated rings. The van der Waals surface area contributed by atoms with Crippen molar-refractivity contribution in [2.45, 2.75) is 20.8 Å². The van der Waals surface area contributed by atoms with Gasteiger partial charge in [-0.25, -0.2) is 0 Å². The third kappa shape index (κ3) is 2.33. The molecule has 0 bridgehead atoms. The predicted octanol–water partition coefficient (Wildman–Crippen LogP) is 0.600. The van der Waals surface area contributed by atoms with E-state index in [9.17, 15) is 0 Å². The van der Waals surface area contributed by atoms with Crippen molar-refractivity contribution < 1.29 is 5.11 Å². The number of hydrogen-bond donors (Lipinski definition) is 2. The van der Waals surface area contributed by atoms with E-state index in [1.165, 1.54) is 0 Å². The number of nitrogens with two attached hydrogens (primary N) is 1. The molecule has 0 amide bonds. The molecule has 0 aromatic heterocycles. The first-order valence-electron chi connectivity index (χ1n) is 3.35. The van der Waals surface area contributed by atoms with Crippen LogP contribution in [0.1, 0.15) is 20.8 Å². The average Bonchev–Trinajstić information content (AvgIpc) is 1.86. The van der Waals surface area contributed by atoms with Gasteiger partial charge in [0.1, 0.15) is 0 Å². The number of aliphatic hydroxyl groups excluding tert-OH is 1. The van der Waals surface area contributed by atoms with Crippen molar-refractivity contribution in [1.82, 2.24) is 0 Å². The van der Waals surface area contributed by atoms with Gasteiger partial charge < -0.3 is 10.8 Å². The summed E-state index contributed by atoms with van der Waals surface area (Å²) in [6.45, 7) is 6.95. The molecule has 0 aliphatic heterocycles. The van der Waals surface area contributed by atoms with E-state index in [2.05, 4.69) is 6.92 Å². The average molecular weight is 131 g/mol. The van der Waals surface area contributed by atoms with E-state index in [1.54, 1.807) is 0 Å². The Morgan fingerprint density at radius 2 is 2.00 bits per heavy atom. The summed E-state index contributed by atoms with van der Waals surface area (Å²) in [7, 11) is 0. The molecular formula is C7H17NO. The van der Waals surface area contributed by atoms with E-state index in [-0.39, 0.29) is 12.0 Å². The van der Waals surface area contributed by atoms with E-state index >= 15 is 0 Å². The Morgan fingerprint density at radius 1 is 1.56 bits per heavy atom. The maximum Gasteiger partial charge on any atom is 0.0485 e. The third-order valence-corrected chi connectivity index (χ3v) is 2.10. The summed E-state index contributed by atoms with van der Waals surface area (Å²) in [5.74, 6) is 0.391. The zero-order valence-electron chi connectivity index (χ0n) is 6.52. The highest BCUT2D eigenvalue weighted by molar-refractivity contribution is 4.74. The lowest BCUT2D eigenvalue weighted by atomic mass is 9.81. The standard InChI is InChI=1S/C7H17NO/c1-6(4-8)7(2,3)5-9/h6,9H,4-5,8H2,1-3H3. The highest BCUT2D eigenvalue weighted by atomic mass is 16.3. The Bertz CT molecular complexity index is 81.0. The number of aliphatic hydroxyl groups is 1. The van der Waals surface area contributed by atoms with Gasteiger partial charge in [-0.3, -0.25) is 0 Å². The first kappa shape index (κ1) is 8.92. The Balaban J connectivity index is 3.80. The van der Waals surface area contributed by atoms with E-state index < -0.39 is 0 Å². The van der Waals surface area contributed by atoms with E-state index in [0.717, 1.165) is 0 Å². The van der Waals surface area contributed by atoms with Gasteiger partial charge in [0.15, 0.2) is 0 Å². The fraction of sp³-hybridized carbons (Fsp3) is 1.00. The van der Waals surface area contributed by atoms with Crippen LogP contribution in [0.3, 0.4) is 0 Å². The lowest BCUT2D eigenvalue weighted by Crippen LogP contribution is -2.31. The highest BCUT2D eigenvalue weighted by Crippen LogP contribution is 2.23. The Morgan fingerprint density at radius 3 is 2.11 bits per heavy atom. The summed E-state index contributed by atoms with van der Waals surface area (Å²) in [6.07, 6.45) is 0. The molecule has 0 aromatic rings. The van der Waals surface area contributed by atoms with Crippen molar-refractivity contribution in [2.24, 2.45) is 17.1 Å². The molecular weight excluding hydrogens is 114 g/mol. The molecule has 3 N–H and O–H groups in total. The minimum absolute atomic E-state index is 0.0191. The molecule has 0 saturated heterocycles. The molecule has 0 spiro atoms. The van der Waals surface area contributed by atoms with Crippen LogP contribution in [0.5, 0.6) is 0 Å². The molecule has 1 unspecified atom stereocenters. The second-order valence-corrected chi connectivity index (χ2v) is 3.28. The maximum atomic E-state index is 8.84. The van der Waals surface area contributed by atoms with Gasteiger partial charge in [0, 0.05) is 6.61 Å². The zero-order valence-corrected chi connectivity index (χ0v) is 6.52. The van der Waals surface area contributed by atoms with Gasteiger partial charge in [-0.15, -0.1) is 0 Å². The monoisotopic (exact) mass is 131 g/mol. The molecule has 2 heteroatoms. The molecule has 2 nitrogen and oxygen atoms in total. The largest absolute Gasteiger partial charge is 0.396 e. The van der Waals surface area contributed by atoms with Crippen LogP contribution in [-0.4, -0.2) is 18.3 Å². The fourth-order valence-corrected chi connectivity index (χ4v) is 0.475. The minimum Gasteiger partial charge on any atom is -0.396 e. The summed E-state index contributed by atoms with van der Waals surface area (Å²) >= 11 is 0. The van der Waals surface area contributed by atoms with Gasteiger partial charge in [-0.1, -0.05) is 20.8 Å². The van der Waals surface area contributed by atoms with Gasteiger partial charge in [0.05, 0.1) is 0 Å². The van der Waals surface area contributed by atoms with Crippen molar-refractivity contribution in [3.63, 3.8) is 0 Å². The van der Waals surface area contributed by atoms with Crippen molar-refractivity contribution in [3.05, 3.63) is 0 Å². The van der Waals surface area contributed by atoms with E-state index in [0.29, 0.717) is 12.5 Å². The van der Waals surface area contributed by atoms with Crippen molar-refractivity contribution in [1.29, 1.82) is 0 Å². The smallest absolute Gasteiger partial charge is 0.0485 e. The molecule has 1 atom stereocenters. The second-order valence-electron chi connectivity index (χ2n) is 3.28. The van der Waals surface area contributed by atoms with Gasteiger partial charge in [-0.05, 0) is 17.9 Å². The quantitative estimate of drug-likeness (QED) is 0.589. The molecule has 0 radical (unpaired) electrons. The van der Waals surface area contributed by atoms with E-state index in [1.807, 2.05) is 13.8 Å². The Labute approximate surface area is 57.1 Å². The summed E-state index contributed by atoms with van der Waals surface area (Å²) in [5, 5.41) is 8.84. The van der Waals surface area contributed by atoms with Crippen molar-refractivity contribution >= 4 is 0 Å². The van der Waals surface area contributed by atoms with Crippen LogP contribution in [0.25, 0.3) is 0 Å². The normalized spacial score (nSPS) is 15.7.